The van der Waals surface area contributed by atoms with Crippen LogP contribution in [0.4, 0.5) is 18.9 Å². The highest BCUT2D eigenvalue weighted by Crippen LogP contribution is 2.34. The number of aromatic nitrogens is 2. The first kappa shape index (κ1) is 14.4. The Balaban J connectivity index is 2.18. The molecule has 0 radical (unpaired) electrons. The van der Waals surface area contributed by atoms with Crippen molar-refractivity contribution in [3.05, 3.63) is 48.0 Å². The molecule has 0 saturated carbocycles. The molecule has 0 saturated heterocycles. The van der Waals surface area contributed by atoms with Gasteiger partial charge in [-0.25, -0.2) is 4.98 Å². The Morgan fingerprint density at radius 3 is 2.60 bits per heavy atom. The van der Waals surface area contributed by atoms with Gasteiger partial charge in [-0.15, -0.1) is 0 Å². The van der Waals surface area contributed by atoms with E-state index in [1.807, 2.05) is 18.4 Å². The van der Waals surface area contributed by atoms with Gasteiger partial charge in [-0.05, 0) is 26.0 Å². The van der Waals surface area contributed by atoms with Crippen LogP contribution in [0.5, 0.6) is 0 Å². The van der Waals surface area contributed by atoms with Crippen molar-refractivity contribution < 1.29 is 13.2 Å². The molecule has 0 aliphatic rings. The van der Waals surface area contributed by atoms with Gasteiger partial charge in [-0.3, -0.25) is 0 Å². The number of halogens is 3. The Morgan fingerprint density at radius 1 is 1.25 bits per heavy atom. The van der Waals surface area contributed by atoms with E-state index in [9.17, 15) is 13.2 Å². The molecule has 108 valence electrons. The third-order valence-electron chi connectivity index (χ3n) is 3.00. The first-order valence-corrected chi connectivity index (χ1v) is 6.30. The molecule has 0 fully saturated rings. The molecule has 0 bridgehead atoms. The number of benzene rings is 1. The van der Waals surface area contributed by atoms with Gasteiger partial charge in [0.2, 0.25) is 0 Å². The summed E-state index contributed by atoms with van der Waals surface area (Å²) in [6, 6.07) is 5.68. The quantitative estimate of drug-likeness (QED) is 0.915. The summed E-state index contributed by atoms with van der Waals surface area (Å²) in [5.74, 6) is 0. The van der Waals surface area contributed by atoms with Crippen molar-refractivity contribution in [3.63, 3.8) is 0 Å². The van der Waals surface area contributed by atoms with Crippen LogP contribution in [0.3, 0.4) is 0 Å². The van der Waals surface area contributed by atoms with E-state index in [0.717, 1.165) is 11.8 Å². The van der Waals surface area contributed by atoms with Crippen LogP contribution in [0, 0.1) is 0 Å². The Kier molecular flexibility index (Phi) is 4.01. The SMILES string of the molecule is CC(C)n1cncc1CNc1ccccc1C(F)(F)F. The zero-order valence-corrected chi connectivity index (χ0v) is 11.3. The predicted molar refractivity (Wildman–Crippen MR) is 71.4 cm³/mol. The molecule has 3 nitrogen and oxygen atoms in total. The maximum Gasteiger partial charge on any atom is 0.418 e. The molecule has 1 aromatic heterocycles. The second-order valence-electron chi connectivity index (χ2n) is 4.78. The monoisotopic (exact) mass is 283 g/mol. The number of imidazole rings is 1. The van der Waals surface area contributed by atoms with Gasteiger partial charge in [0.1, 0.15) is 0 Å². The summed E-state index contributed by atoms with van der Waals surface area (Å²) in [7, 11) is 0. The van der Waals surface area contributed by atoms with Crippen molar-refractivity contribution in [1.82, 2.24) is 9.55 Å². The normalized spacial score (nSPS) is 11.9. The smallest absolute Gasteiger partial charge is 0.379 e. The van der Waals surface area contributed by atoms with Crippen molar-refractivity contribution in [2.75, 3.05) is 5.32 Å². The fourth-order valence-corrected chi connectivity index (χ4v) is 2.00. The molecule has 6 heteroatoms. The Bertz CT molecular complexity index is 573. The molecule has 0 amide bonds. The molecule has 1 N–H and O–H groups in total. The van der Waals surface area contributed by atoms with Crippen LogP contribution in [-0.2, 0) is 12.7 Å². The second kappa shape index (κ2) is 5.56. The van der Waals surface area contributed by atoms with Gasteiger partial charge < -0.3 is 9.88 Å². The second-order valence-corrected chi connectivity index (χ2v) is 4.78. The van der Waals surface area contributed by atoms with E-state index in [1.54, 1.807) is 18.6 Å². The van der Waals surface area contributed by atoms with E-state index in [4.69, 9.17) is 0 Å². The molecular formula is C14H16F3N3. The van der Waals surface area contributed by atoms with Gasteiger partial charge in [-0.1, -0.05) is 12.1 Å². The lowest BCUT2D eigenvalue weighted by molar-refractivity contribution is -0.137. The number of hydrogen-bond donors (Lipinski definition) is 1. The fourth-order valence-electron chi connectivity index (χ4n) is 2.00. The molecule has 2 rings (SSSR count). The summed E-state index contributed by atoms with van der Waals surface area (Å²) in [6.45, 7) is 4.29. The number of nitrogens with zero attached hydrogens (tertiary/aromatic N) is 2. The highest BCUT2D eigenvalue weighted by atomic mass is 19.4. The van der Waals surface area contributed by atoms with Crippen LogP contribution in [-0.4, -0.2) is 9.55 Å². The average Bonchev–Trinajstić information content (AvgIpc) is 2.84. The van der Waals surface area contributed by atoms with Gasteiger partial charge in [0, 0.05) is 17.9 Å². The molecule has 1 aromatic carbocycles. The molecule has 0 spiro atoms. The number of nitrogens with one attached hydrogen (secondary N) is 1. The lowest BCUT2D eigenvalue weighted by atomic mass is 10.1. The number of rotatable bonds is 4. The first-order valence-electron chi connectivity index (χ1n) is 6.30. The van der Waals surface area contributed by atoms with E-state index in [0.29, 0.717) is 6.54 Å². The highest BCUT2D eigenvalue weighted by Gasteiger charge is 2.33. The predicted octanol–water partition coefficient (Wildman–Crippen LogP) is 4.09. The molecule has 1 heterocycles. The van der Waals surface area contributed by atoms with E-state index in [2.05, 4.69) is 10.3 Å². The van der Waals surface area contributed by atoms with E-state index in [1.165, 1.54) is 12.1 Å². The van der Waals surface area contributed by atoms with Crippen molar-refractivity contribution in [1.29, 1.82) is 0 Å². The van der Waals surface area contributed by atoms with Crippen molar-refractivity contribution in [2.45, 2.75) is 32.6 Å². The van der Waals surface area contributed by atoms with Crippen LogP contribution in [0.15, 0.2) is 36.8 Å². The highest BCUT2D eigenvalue weighted by molar-refractivity contribution is 5.52. The Labute approximate surface area is 115 Å². The van der Waals surface area contributed by atoms with Crippen LogP contribution in [0.25, 0.3) is 0 Å². The van der Waals surface area contributed by atoms with Crippen LogP contribution in [0.2, 0.25) is 0 Å². The Morgan fingerprint density at radius 2 is 1.95 bits per heavy atom. The number of anilines is 1. The minimum atomic E-state index is -4.36. The molecule has 2 aromatic rings. The molecule has 0 aliphatic carbocycles. The molecular weight excluding hydrogens is 267 g/mol. The van der Waals surface area contributed by atoms with Gasteiger partial charge >= 0.3 is 6.18 Å². The minimum Gasteiger partial charge on any atom is -0.379 e. The first-order chi connectivity index (χ1) is 9.39. The van der Waals surface area contributed by atoms with Crippen LogP contribution < -0.4 is 5.32 Å². The summed E-state index contributed by atoms with van der Waals surface area (Å²) in [6.07, 6.45) is -1.03. The van der Waals surface area contributed by atoms with E-state index < -0.39 is 11.7 Å². The maximum atomic E-state index is 12.9. The number of alkyl halides is 3. The molecule has 0 aliphatic heterocycles. The summed E-state index contributed by atoms with van der Waals surface area (Å²) in [5, 5.41) is 2.84. The summed E-state index contributed by atoms with van der Waals surface area (Å²) in [4.78, 5) is 4.03. The molecule has 0 unspecified atom stereocenters. The largest absolute Gasteiger partial charge is 0.418 e. The van der Waals surface area contributed by atoms with Crippen molar-refractivity contribution in [2.24, 2.45) is 0 Å². The maximum absolute atomic E-state index is 12.9. The lowest BCUT2D eigenvalue weighted by Gasteiger charge is -2.16. The zero-order valence-electron chi connectivity index (χ0n) is 11.3. The van der Waals surface area contributed by atoms with Crippen molar-refractivity contribution >= 4 is 5.69 Å². The summed E-state index contributed by atoms with van der Waals surface area (Å²) < 4.78 is 40.5. The molecule has 20 heavy (non-hydrogen) atoms. The van der Waals surface area contributed by atoms with Crippen LogP contribution >= 0.6 is 0 Å². The number of hydrogen-bond acceptors (Lipinski definition) is 2. The van der Waals surface area contributed by atoms with Gasteiger partial charge in [0.25, 0.3) is 0 Å². The van der Waals surface area contributed by atoms with Crippen molar-refractivity contribution in [3.8, 4) is 0 Å². The van der Waals surface area contributed by atoms with Gasteiger partial charge in [-0.2, -0.15) is 13.2 Å². The number of para-hydroxylation sites is 1. The molecule has 0 atom stereocenters. The van der Waals surface area contributed by atoms with Gasteiger partial charge in [0.15, 0.2) is 0 Å². The average molecular weight is 283 g/mol. The zero-order chi connectivity index (χ0) is 14.8. The van der Waals surface area contributed by atoms with E-state index in [-0.39, 0.29) is 11.7 Å². The lowest BCUT2D eigenvalue weighted by Crippen LogP contribution is -2.13. The summed E-state index contributed by atoms with van der Waals surface area (Å²) in [5.41, 5.74) is 0.268. The Hall–Kier alpha value is -1.98. The fraction of sp³-hybridized carbons (Fsp3) is 0.357. The topological polar surface area (TPSA) is 29.9 Å². The third kappa shape index (κ3) is 3.12. The minimum absolute atomic E-state index is 0.0801. The summed E-state index contributed by atoms with van der Waals surface area (Å²) >= 11 is 0. The van der Waals surface area contributed by atoms with Crippen LogP contribution in [0.1, 0.15) is 31.1 Å². The van der Waals surface area contributed by atoms with E-state index >= 15 is 0 Å². The standard InChI is InChI=1S/C14H16F3N3/c1-10(2)20-9-18-7-11(20)8-19-13-6-4-3-5-12(13)14(15,16)17/h3-7,9-10,19H,8H2,1-2H3. The van der Waals surface area contributed by atoms with Gasteiger partial charge in [0.05, 0.1) is 24.1 Å². The third-order valence-corrected chi connectivity index (χ3v) is 3.00.